The summed E-state index contributed by atoms with van der Waals surface area (Å²) in [7, 11) is -2.83. The van der Waals surface area contributed by atoms with Crippen molar-refractivity contribution in [1.29, 1.82) is 0 Å². The third-order valence-corrected chi connectivity index (χ3v) is 5.93. The molecule has 3 atom stereocenters. The maximum atomic E-state index is 11.7. The van der Waals surface area contributed by atoms with E-state index >= 15 is 0 Å². The Balaban J connectivity index is 2.44. The van der Waals surface area contributed by atoms with E-state index in [0.717, 1.165) is 31.6 Å². The Morgan fingerprint density at radius 3 is 2.47 bits per heavy atom. The van der Waals surface area contributed by atoms with Gasteiger partial charge in [0.1, 0.15) is 9.84 Å². The summed E-state index contributed by atoms with van der Waals surface area (Å²) in [5.74, 6) is 1.83. The normalized spacial score (nSPS) is 30.4. The first kappa shape index (κ1) is 15.0. The van der Waals surface area contributed by atoms with E-state index in [1.807, 2.05) is 6.92 Å². The standard InChI is InChI=1S/C13H27NO2S/c1-3-8-17(15,16)9-7-12-10-11(4-2)5-6-13(12)14/h11-13H,3-10,14H2,1-2H3. The summed E-state index contributed by atoms with van der Waals surface area (Å²) in [5.41, 5.74) is 6.10. The lowest BCUT2D eigenvalue weighted by Crippen LogP contribution is -2.37. The second-order valence-corrected chi connectivity index (χ2v) is 7.76. The van der Waals surface area contributed by atoms with Gasteiger partial charge in [0.25, 0.3) is 0 Å². The van der Waals surface area contributed by atoms with E-state index in [-0.39, 0.29) is 6.04 Å². The molecule has 0 aromatic rings. The van der Waals surface area contributed by atoms with Crippen molar-refractivity contribution in [1.82, 2.24) is 0 Å². The van der Waals surface area contributed by atoms with Crippen molar-refractivity contribution in [2.75, 3.05) is 11.5 Å². The summed E-state index contributed by atoms with van der Waals surface area (Å²) >= 11 is 0. The quantitative estimate of drug-likeness (QED) is 0.798. The van der Waals surface area contributed by atoms with Gasteiger partial charge in [-0.25, -0.2) is 8.42 Å². The number of rotatable bonds is 6. The van der Waals surface area contributed by atoms with Gasteiger partial charge in [0, 0.05) is 11.8 Å². The molecule has 0 aliphatic heterocycles. The summed E-state index contributed by atoms with van der Waals surface area (Å²) in [6, 6.07) is 0.217. The van der Waals surface area contributed by atoms with E-state index in [0.29, 0.717) is 17.4 Å². The number of sulfone groups is 1. The van der Waals surface area contributed by atoms with Crippen LogP contribution in [0.2, 0.25) is 0 Å². The first-order valence-electron chi connectivity index (χ1n) is 6.94. The van der Waals surface area contributed by atoms with Crippen LogP contribution in [0.1, 0.15) is 52.4 Å². The molecule has 1 aliphatic rings. The lowest BCUT2D eigenvalue weighted by Gasteiger charge is -2.33. The molecule has 0 amide bonds. The molecule has 0 aromatic heterocycles. The molecule has 0 spiro atoms. The van der Waals surface area contributed by atoms with E-state index in [2.05, 4.69) is 6.92 Å². The molecule has 1 aliphatic carbocycles. The fourth-order valence-corrected chi connectivity index (χ4v) is 4.32. The highest BCUT2D eigenvalue weighted by molar-refractivity contribution is 7.91. The molecule has 1 fully saturated rings. The van der Waals surface area contributed by atoms with Gasteiger partial charge >= 0.3 is 0 Å². The van der Waals surface area contributed by atoms with E-state index in [1.54, 1.807) is 0 Å². The lowest BCUT2D eigenvalue weighted by atomic mass is 9.76. The van der Waals surface area contributed by atoms with Gasteiger partial charge in [0.2, 0.25) is 0 Å². The van der Waals surface area contributed by atoms with Crippen molar-refractivity contribution in [2.24, 2.45) is 17.6 Å². The predicted octanol–water partition coefficient (Wildman–Crippen LogP) is 2.35. The summed E-state index contributed by atoms with van der Waals surface area (Å²) in [6.45, 7) is 4.13. The molecule has 0 aromatic carbocycles. The molecule has 4 heteroatoms. The maximum Gasteiger partial charge on any atom is 0.150 e. The van der Waals surface area contributed by atoms with Crippen molar-refractivity contribution in [3.63, 3.8) is 0 Å². The van der Waals surface area contributed by atoms with E-state index in [1.165, 1.54) is 12.8 Å². The summed E-state index contributed by atoms with van der Waals surface area (Å²) in [4.78, 5) is 0. The zero-order valence-corrected chi connectivity index (χ0v) is 12.0. The minimum absolute atomic E-state index is 0.217. The first-order chi connectivity index (χ1) is 7.98. The van der Waals surface area contributed by atoms with Gasteiger partial charge in [0.15, 0.2) is 0 Å². The van der Waals surface area contributed by atoms with Crippen LogP contribution in [-0.2, 0) is 9.84 Å². The van der Waals surface area contributed by atoms with Crippen LogP contribution < -0.4 is 5.73 Å². The van der Waals surface area contributed by atoms with Crippen molar-refractivity contribution < 1.29 is 8.42 Å². The molecular weight excluding hydrogens is 234 g/mol. The summed E-state index contributed by atoms with van der Waals surface area (Å²) in [6.07, 6.45) is 6.09. The molecule has 3 nitrogen and oxygen atoms in total. The highest BCUT2D eigenvalue weighted by Gasteiger charge is 2.28. The average molecular weight is 261 g/mol. The maximum absolute atomic E-state index is 11.7. The minimum Gasteiger partial charge on any atom is -0.327 e. The molecular formula is C13H27NO2S. The van der Waals surface area contributed by atoms with E-state index in [4.69, 9.17) is 5.73 Å². The van der Waals surface area contributed by atoms with Crippen molar-refractivity contribution in [3.05, 3.63) is 0 Å². The van der Waals surface area contributed by atoms with Gasteiger partial charge in [-0.2, -0.15) is 0 Å². The van der Waals surface area contributed by atoms with Gasteiger partial charge in [-0.05, 0) is 43.9 Å². The molecule has 1 saturated carbocycles. The second-order valence-electron chi connectivity index (χ2n) is 5.45. The number of hydrogen-bond donors (Lipinski definition) is 1. The number of hydrogen-bond acceptors (Lipinski definition) is 3. The van der Waals surface area contributed by atoms with Crippen LogP contribution in [0.5, 0.6) is 0 Å². The van der Waals surface area contributed by atoms with Crippen LogP contribution >= 0.6 is 0 Å². The van der Waals surface area contributed by atoms with Gasteiger partial charge < -0.3 is 5.73 Å². The van der Waals surface area contributed by atoms with Gasteiger partial charge in [-0.3, -0.25) is 0 Å². The Morgan fingerprint density at radius 2 is 1.88 bits per heavy atom. The Kier molecular flexibility index (Phi) is 5.93. The molecule has 0 saturated heterocycles. The predicted molar refractivity (Wildman–Crippen MR) is 72.7 cm³/mol. The SMILES string of the molecule is CCCS(=O)(=O)CCC1CC(CC)CCC1N. The zero-order valence-electron chi connectivity index (χ0n) is 11.2. The fraction of sp³-hybridized carbons (Fsp3) is 1.00. The van der Waals surface area contributed by atoms with E-state index < -0.39 is 9.84 Å². The second kappa shape index (κ2) is 6.74. The molecule has 0 heterocycles. The zero-order chi connectivity index (χ0) is 12.9. The van der Waals surface area contributed by atoms with E-state index in [9.17, 15) is 8.42 Å². The number of nitrogens with two attached hydrogens (primary N) is 1. The monoisotopic (exact) mass is 261 g/mol. The van der Waals surface area contributed by atoms with Crippen LogP contribution in [0.3, 0.4) is 0 Å². The average Bonchev–Trinajstić information content (AvgIpc) is 2.28. The molecule has 102 valence electrons. The van der Waals surface area contributed by atoms with Crippen LogP contribution in [-0.4, -0.2) is 26.0 Å². The Hall–Kier alpha value is -0.0900. The highest BCUT2D eigenvalue weighted by atomic mass is 32.2. The van der Waals surface area contributed by atoms with Crippen molar-refractivity contribution in [2.45, 2.75) is 58.4 Å². The first-order valence-corrected chi connectivity index (χ1v) is 8.76. The van der Waals surface area contributed by atoms with Crippen molar-refractivity contribution in [3.8, 4) is 0 Å². The molecule has 17 heavy (non-hydrogen) atoms. The van der Waals surface area contributed by atoms with Gasteiger partial charge in [0.05, 0.1) is 5.75 Å². The van der Waals surface area contributed by atoms with Gasteiger partial charge in [-0.15, -0.1) is 0 Å². The van der Waals surface area contributed by atoms with Crippen LogP contribution in [0.15, 0.2) is 0 Å². The van der Waals surface area contributed by atoms with Crippen molar-refractivity contribution >= 4 is 9.84 Å². The Bertz CT molecular complexity index is 313. The topological polar surface area (TPSA) is 60.2 Å². The molecule has 0 bridgehead atoms. The highest BCUT2D eigenvalue weighted by Crippen LogP contribution is 2.32. The summed E-state index contributed by atoms with van der Waals surface area (Å²) < 4.78 is 23.4. The Morgan fingerprint density at radius 1 is 1.18 bits per heavy atom. The Labute approximate surface area is 106 Å². The third kappa shape index (κ3) is 4.96. The summed E-state index contributed by atoms with van der Waals surface area (Å²) in [5, 5.41) is 0. The van der Waals surface area contributed by atoms with Crippen LogP contribution in [0, 0.1) is 11.8 Å². The fourth-order valence-electron chi connectivity index (χ4n) is 2.83. The smallest absolute Gasteiger partial charge is 0.150 e. The van der Waals surface area contributed by atoms with Gasteiger partial charge in [-0.1, -0.05) is 20.3 Å². The molecule has 1 rings (SSSR count). The minimum atomic E-state index is -2.83. The molecule has 0 radical (unpaired) electrons. The lowest BCUT2D eigenvalue weighted by molar-refractivity contribution is 0.223. The third-order valence-electron chi connectivity index (χ3n) is 4.04. The largest absolute Gasteiger partial charge is 0.327 e. The molecule has 3 unspecified atom stereocenters. The van der Waals surface area contributed by atoms with Crippen LogP contribution in [0.4, 0.5) is 0 Å². The van der Waals surface area contributed by atoms with Crippen LogP contribution in [0.25, 0.3) is 0 Å². The molecule has 2 N–H and O–H groups in total.